The van der Waals surface area contributed by atoms with Crippen molar-refractivity contribution in [3.05, 3.63) is 17.5 Å². The van der Waals surface area contributed by atoms with Crippen LogP contribution in [0.15, 0.2) is 11.2 Å². The molecule has 0 aromatic carbocycles. The van der Waals surface area contributed by atoms with Gasteiger partial charge in [-0.25, -0.2) is 9.97 Å². The fraction of sp³-hybridized carbons (Fsp3) is 0.700. The molecular weight excluding hydrogens is 312 g/mol. The van der Waals surface area contributed by atoms with Crippen molar-refractivity contribution in [2.45, 2.75) is 85.5 Å². The molecule has 0 saturated carbocycles. The molecule has 0 fully saturated rings. The zero-order valence-electron chi connectivity index (χ0n) is 16.2. The summed E-state index contributed by atoms with van der Waals surface area (Å²) in [6.45, 7) is 8.01. The highest BCUT2D eigenvalue weighted by molar-refractivity contribution is 6.14. The van der Waals surface area contributed by atoms with Gasteiger partial charge in [-0.3, -0.25) is 4.79 Å². The first-order chi connectivity index (χ1) is 12.0. The maximum atomic E-state index is 12.7. The van der Waals surface area contributed by atoms with E-state index in [1.807, 2.05) is 26.8 Å². The summed E-state index contributed by atoms with van der Waals surface area (Å²) in [5.74, 6) is 0.315. The molecule has 1 unspecified atom stereocenters. The Bertz CT molecular complexity index is 591. The highest BCUT2D eigenvalue weighted by atomic mass is 16.2. The Morgan fingerprint density at radius 1 is 0.920 bits per heavy atom. The van der Waals surface area contributed by atoms with E-state index in [0.29, 0.717) is 5.95 Å². The Morgan fingerprint density at radius 3 is 2.08 bits per heavy atom. The molecule has 1 aliphatic heterocycles. The van der Waals surface area contributed by atoms with Gasteiger partial charge in [0.1, 0.15) is 0 Å². The van der Waals surface area contributed by atoms with E-state index >= 15 is 0 Å². The van der Waals surface area contributed by atoms with Crippen LogP contribution in [-0.4, -0.2) is 21.6 Å². The number of anilines is 1. The summed E-state index contributed by atoms with van der Waals surface area (Å²) in [5, 5.41) is 5.82. The molecule has 0 N–H and O–H groups in total. The number of hydrazone groups is 1. The lowest BCUT2D eigenvalue weighted by molar-refractivity contribution is -0.120. The number of hydrogen-bond acceptors (Lipinski definition) is 4. The van der Waals surface area contributed by atoms with Crippen LogP contribution in [0, 0.1) is 19.8 Å². The molecule has 0 radical (unpaired) electrons. The van der Waals surface area contributed by atoms with E-state index in [1.165, 1.54) is 50.0 Å². The van der Waals surface area contributed by atoms with Gasteiger partial charge in [0, 0.05) is 17.1 Å². The van der Waals surface area contributed by atoms with Crippen LogP contribution in [0.3, 0.4) is 0 Å². The maximum Gasteiger partial charge on any atom is 0.258 e. The van der Waals surface area contributed by atoms with E-state index in [4.69, 9.17) is 0 Å². The Kier molecular flexibility index (Phi) is 7.53. The smallest absolute Gasteiger partial charge is 0.258 e. The maximum absolute atomic E-state index is 12.7. The van der Waals surface area contributed by atoms with Crippen LogP contribution in [-0.2, 0) is 4.79 Å². The molecule has 1 aromatic rings. The summed E-state index contributed by atoms with van der Waals surface area (Å²) < 4.78 is 0. The molecule has 1 aromatic heterocycles. The van der Waals surface area contributed by atoms with Gasteiger partial charge in [0.2, 0.25) is 0 Å². The van der Waals surface area contributed by atoms with Gasteiger partial charge >= 0.3 is 0 Å². The van der Waals surface area contributed by atoms with E-state index < -0.39 is 0 Å². The van der Waals surface area contributed by atoms with E-state index in [0.717, 1.165) is 29.9 Å². The molecule has 1 aliphatic rings. The highest BCUT2D eigenvalue weighted by Gasteiger charge is 2.35. The van der Waals surface area contributed by atoms with E-state index in [1.54, 1.807) is 0 Å². The quantitative estimate of drug-likeness (QED) is 0.563. The molecule has 5 nitrogen and oxygen atoms in total. The molecule has 0 spiro atoms. The second kappa shape index (κ2) is 9.64. The molecule has 138 valence electrons. The lowest BCUT2D eigenvalue weighted by atomic mass is 9.96. The molecule has 2 rings (SSSR count). The Balaban J connectivity index is 1.80. The van der Waals surface area contributed by atoms with Crippen LogP contribution in [0.5, 0.6) is 0 Å². The fourth-order valence-electron chi connectivity index (χ4n) is 3.36. The number of amides is 1. The third kappa shape index (κ3) is 5.62. The molecule has 1 atom stereocenters. The standard InChI is InChI=1S/C20H32N4O/c1-5-6-7-8-9-10-11-12-13-18-17(4)23-24(19(18)25)20-21-15(2)14-16(3)22-20/h14,18H,5-13H2,1-4H3. The van der Waals surface area contributed by atoms with E-state index in [2.05, 4.69) is 22.0 Å². The molecule has 0 aliphatic carbocycles. The van der Waals surface area contributed by atoms with Crippen molar-refractivity contribution in [3.8, 4) is 0 Å². The average molecular weight is 345 g/mol. The number of carbonyl (C=O) groups is 1. The third-order valence-corrected chi connectivity index (χ3v) is 4.78. The number of unbranched alkanes of at least 4 members (excludes halogenated alkanes) is 7. The predicted octanol–water partition coefficient (Wildman–Crippen LogP) is 4.96. The summed E-state index contributed by atoms with van der Waals surface area (Å²) >= 11 is 0. The topological polar surface area (TPSA) is 58.5 Å². The van der Waals surface area contributed by atoms with Crippen molar-refractivity contribution in [2.24, 2.45) is 11.0 Å². The monoisotopic (exact) mass is 344 g/mol. The number of rotatable bonds is 10. The van der Waals surface area contributed by atoms with E-state index in [9.17, 15) is 4.79 Å². The summed E-state index contributed by atoms with van der Waals surface area (Å²) in [6, 6.07) is 1.90. The fourth-order valence-corrected chi connectivity index (χ4v) is 3.36. The number of nitrogens with zero attached hydrogens (tertiary/aromatic N) is 4. The van der Waals surface area contributed by atoms with Gasteiger partial charge in [-0.1, -0.05) is 58.3 Å². The Labute approximate surface area is 151 Å². The van der Waals surface area contributed by atoms with Crippen molar-refractivity contribution >= 4 is 17.6 Å². The molecule has 5 heteroatoms. The molecule has 0 saturated heterocycles. The van der Waals surface area contributed by atoms with Crippen LogP contribution in [0.1, 0.15) is 83.0 Å². The largest absolute Gasteiger partial charge is 0.272 e. The summed E-state index contributed by atoms with van der Waals surface area (Å²) in [6.07, 6.45) is 11.1. The van der Waals surface area contributed by atoms with Gasteiger partial charge in [0.15, 0.2) is 0 Å². The zero-order valence-corrected chi connectivity index (χ0v) is 16.2. The lowest BCUT2D eigenvalue weighted by Gasteiger charge is -2.13. The molecule has 1 amide bonds. The van der Waals surface area contributed by atoms with Crippen molar-refractivity contribution in [1.29, 1.82) is 0 Å². The van der Waals surface area contributed by atoms with Gasteiger partial charge in [-0.15, -0.1) is 0 Å². The minimum Gasteiger partial charge on any atom is -0.272 e. The highest BCUT2D eigenvalue weighted by Crippen LogP contribution is 2.25. The number of aromatic nitrogens is 2. The SMILES string of the molecule is CCCCCCCCCCC1C(=O)N(c2nc(C)cc(C)n2)N=C1C. The van der Waals surface area contributed by atoms with Crippen molar-refractivity contribution in [3.63, 3.8) is 0 Å². The van der Waals surface area contributed by atoms with Crippen molar-refractivity contribution < 1.29 is 4.79 Å². The van der Waals surface area contributed by atoms with E-state index in [-0.39, 0.29) is 11.8 Å². The number of aryl methyl sites for hydroxylation is 2. The third-order valence-electron chi connectivity index (χ3n) is 4.78. The van der Waals surface area contributed by atoms with Crippen LogP contribution < -0.4 is 5.01 Å². The minimum atomic E-state index is -0.107. The van der Waals surface area contributed by atoms with Gasteiger partial charge in [-0.2, -0.15) is 10.1 Å². The second-order valence-corrected chi connectivity index (χ2v) is 7.16. The number of carbonyl (C=O) groups excluding carboxylic acids is 1. The summed E-state index contributed by atoms with van der Waals surface area (Å²) in [5.41, 5.74) is 2.60. The van der Waals surface area contributed by atoms with Gasteiger partial charge in [0.25, 0.3) is 11.9 Å². The molecular formula is C20H32N4O. The van der Waals surface area contributed by atoms with Gasteiger partial charge in [0.05, 0.1) is 5.92 Å². The van der Waals surface area contributed by atoms with Crippen LogP contribution in [0.2, 0.25) is 0 Å². The Morgan fingerprint density at radius 2 is 1.48 bits per heavy atom. The molecule has 2 heterocycles. The minimum absolute atomic E-state index is 0.0189. The molecule has 25 heavy (non-hydrogen) atoms. The van der Waals surface area contributed by atoms with Crippen LogP contribution in [0.4, 0.5) is 5.95 Å². The first-order valence-corrected chi connectivity index (χ1v) is 9.74. The normalized spacial score (nSPS) is 17.3. The Hall–Kier alpha value is -1.78. The summed E-state index contributed by atoms with van der Waals surface area (Å²) in [7, 11) is 0. The first kappa shape index (κ1) is 19.5. The van der Waals surface area contributed by atoms with Gasteiger partial charge < -0.3 is 0 Å². The molecule has 0 bridgehead atoms. The predicted molar refractivity (Wildman–Crippen MR) is 103 cm³/mol. The zero-order chi connectivity index (χ0) is 18.2. The second-order valence-electron chi connectivity index (χ2n) is 7.16. The van der Waals surface area contributed by atoms with Gasteiger partial charge in [-0.05, 0) is 33.3 Å². The summed E-state index contributed by atoms with van der Waals surface area (Å²) in [4.78, 5) is 21.4. The van der Waals surface area contributed by atoms with Crippen LogP contribution >= 0.6 is 0 Å². The van der Waals surface area contributed by atoms with Crippen molar-refractivity contribution in [1.82, 2.24) is 9.97 Å². The average Bonchev–Trinajstić information content (AvgIpc) is 2.84. The van der Waals surface area contributed by atoms with Crippen LogP contribution in [0.25, 0.3) is 0 Å². The lowest BCUT2D eigenvalue weighted by Crippen LogP contribution is -2.28. The van der Waals surface area contributed by atoms with Crippen molar-refractivity contribution in [2.75, 3.05) is 5.01 Å². The number of hydrogen-bond donors (Lipinski definition) is 0. The first-order valence-electron chi connectivity index (χ1n) is 9.74.